The van der Waals surface area contributed by atoms with E-state index in [0.29, 0.717) is 0 Å². The van der Waals surface area contributed by atoms with Gasteiger partial charge in [-0.05, 0) is 6.42 Å². The van der Waals surface area contributed by atoms with Crippen LogP contribution in [0, 0.1) is 0 Å². The number of hydrogen-bond donors (Lipinski definition) is 2. The molecular weight excluding hydrogens is 183 g/mol. The van der Waals surface area contributed by atoms with E-state index in [1.165, 1.54) is 0 Å². The molecule has 0 aliphatic heterocycles. The van der Waals surface area contributed by atoms with Crippen LogP contribution in [0.3, 0.4) is 0 Å². The first-order valence-corrected chi connectivity index (χ1v) is 4.29. The fourth-order valence-electron chi connectivity index (χ4n) is 0.381. The van der Waals surface area contributed by atoms with Gasteiger partial charge in [-0.1, -0.05) is 0 Å². The molecule has 0 rings (SSSR count). The Labute approximate surface area is 87.8 Å². The maximum absolute atomic E-state index is 10.5. The summed E-state index contributed by atoms with van der Waals surface area (Å²) in [5.74, 6) is -0.260. The van der Waals surface area contributed by atoms with Crippen molar-refractivity contribution >= 4 is 39.7 Å². The molecule has 0 aliphatic rings. The topological polar surface area (TPSA) is 83.8 Å². The van der Waals surface area contributed by atoms with Crippen molar-refractivity contribution in [3.63, 3.8) is 0 Å². The van der Waals surface area contributed by atoms with E-state index in [4.69, 9.17) is 10.2 Å². The summed E-state index contributed by atoms with van der Waals surface area (Å²) in [6.45, 7) is -1.04. The summed E-state index contributed by atoms with van der Waals surface area (Å²) in [4.78, 5) is 0. The third-order valence-corrected chi connectivity index (χ3v) is 2.04. The normalized spacial score (nSPS) is 10.7. The van der Waals surface area contributed by atoms with Crippen LogP contribution >= 0.6 is 0 Å². The molecule has 0 amide bonds. The van der Waals surface area contributed by atoms with Gasteiger partial charge in [-0.15, -0.1) is 0 Å². The molecule has 0 aromatic heterocycles. The zero-order valence-corrected chi connectivity index (χ0v) is 6.17. The Morgan fingerprint density at radius 3 is 2.18 bits per heavy atom. The molecular formula is C4H11NaO5S. The third-order valence-electron chi connectivity index (χ3n) is 0.785. The summed E-state index contributed by atoms with van der Waals surface area (Å²) >= 11 is 0. The fourth-order valence-corrected chi connectivity index (χ4v) is 1.14. The summed E-state index contributed by atoms with van der Waals surface area (Å²) in [5.41, 5.74) is 0. The zero-order chi connectivity index (χ0) is 8.04. The quantitative estimate of drug-likeness (QED) is 0.301. The molecule has 0 aromatic rings. The van der Waals surface area contributed by atoms with Crippen molar-refractivity contribution in [2.75, 3.05) is 19.2 Å². The van der Waals surface area contributed by atoms with Crippen LogP contribution in [0.15, 0.2) is 0 Å². The summed E-state index contributed by atoms with van der Waals surface area (Å²) in [6, 6.07) is 0. The van der Waals surface area contributed by atoms with Gasteiger partial charge in [0, 0.05) is 6.61 Å². The summed E-state index contributed by atoms with van der Waals surface area (Å²) in [7, 11) is -3.60. The average molecular weight is 194 g/mol. The molecule has 0 atom stereocenters. The van der Waals surface area contributed by atoms with Crippen molar-refractivity contribution in [3.8, 4) is 0 Å². The molecule has 0 aliphatic carbocycles. The summed E-state index contributed by atoms with van der Waals surface area (Å²) in [5, 5.41) is 16.3. The van der Waals surface area contributed by atoms with E-state index < -0.39 is 16.9 Å². The summed E-state index contributed by atoms with van der Waals surface area (Å²) < 4.78 is 24.9. The van der Waals surface area contributed by atoms with Gasteiger partial charge in [0.15, 0.2) is 6.79 Å². The first-order valence-electron chi connectivity index (χ1n) is 2.71. The Bertz CT molecular complexity index is 165. The van der Waals surface area contributed by atoms with Crippen LogP contribution in [0.25, 0.3) is 0 Å². The van der Waals surface area contributed by atoms with E-state index in [0.717, 1.165) is 0 Å². The van der Waals surface area contributed by atoms with Gasteiger partial charge in [-0.25, -0.2) is 4.18 Å². The van der Waals surface area contributed by atoms with E-state index in [-0.39, 0.29) is 48.3 Å². The predicted octanol–water partition coefficient (Wildman–Crippen LogP) is -1.98. The average Bonchev–Trinajstić information content (AvgIpc) is 1.84. The minimum absolute atomic E-state index is 0. The van der Waals surface area contributed by atoms with Gasteiger partial charge in [0.2, 0.25) is 0 Å². The van der Waals surface area contributed by atoms with Gasteiger partial charge in [0.1, 0.15) is 0 Å². The standard InChI is InChI=1S/C4H10O5S.Na.H/c5-2-1-3-10(7,8)9-4-6;;/h5-6H,1-4H2;;. The maximum atomic E-state index is 10.5. The van der Waals surface area contributed by atoms with Gasteiger partial charge in [-0.3, -0.25) is 0 Å². The molecule has 0 unspecified atom stereocenters. The van der Waals surface area contributed by atoms with E-state index in [1.807, 2.05) is 0 Å². The zero-order valence-electron chi connectivity index (χ0n) is 5.36. The molecule has 0 fully saturated rings. The molecule has 2 N–H and O–H groups in total. The van der Waals surface area contributed by atoms with E-state index in [2.05, 4.69) is 4.18 Å². The fraction of sp³-hybridized carbons (Fsp3) is 1.00. The second kappa shape index (κ2) is 7.48. The molecule has 7 heteroatoms. The Morgan fingerprint density at radius 2 is 1.82 bits per heavy atom. The van der Waals surface area contributed by atoms with E-state index in [1.54, 1.807) is 0 Å². The Balaban J connectivity index is 0. The molecule has 5 nitrogen and oxygen atoms in total. The first kappa shape index (κ1) is 14.4. The van der Waals surface area contributed by atoms with Crippen molar-refractivity contribution in [2.24, 2.45) is 0 Å². The van der Waals surface area contributed by atoms with Crippen LogP contribution in [-0.4, -0.2) is 67.3 Å². The third kappa shape index (κ3) is 8.74. The summed E-state index contributed by atoms with van der Waals surface area (Å²) in [6.07, 6.45) is 0.127. The van der Waals surface area contributed by atoms with Gasteiger partial charge < -0.3 is 10.2 Å². The molecule has 0 saturated heterocycles. The van der Waals surface area contributed by atoms with Crippen LogP contribution in [0.4, 0.5) is 0 Å². The van der Waals surface area contributed by atoms with Gasteiger partial charge in [0.05, 0.1) is 5.75 Å². The van der Waals surface area contributed by atoms with Gasteiger partial charge in [0.25, 0.3) is 10.1 Å². The Kier molecular flexibility index (Phi) is 9.76. The van der Waals surface area contributed by atoms with E-state index >= 15 is 0 Å². The number of aliphatic hydroxyl groups excluding tert-OH is 2. The first-order chi connectivity index (χ1) is 4.62. The Morgan fingerprint density at radius 1 is 1.27 bits per heavy atom. The van der Waals surface area contributed by atoms with Crippen molar-refractivity contribution in [1.29, 1.82) is 0 Å². The van der Waals surface area contributed by atoms with Gasteiger partial charge in [-0.2, -0.15) is 8.42 Å². The van der Waals surface area contributed by atoms with Crippen LogP contribution in [0.2, 0.25) is 0 Å². The predicted molar refractivity (Wildman–Crippen MR) is 40.8 cm³/mol. The molecule has 0 radical (unpaired) electrons. The molecule has 0 spiro atoms. The second-order valence-electron chi connectivity index (χ2n) is 1.59. The van der Waals surface area contributed by atoms with Crippen molar-refractivity contribution in [2.45, 2.75) is 6.42 Å². The second-order valence-corrected chi connectivity index (χ2v) is 3.35. The minimum atomic E-state index is -3.60. The van der Waals surface area contributed by atoms with Gasteiger partial charge >= 0.3 is 29.6 Å². The number of hydrogen-bond acceptors (Lipinski definition) is 5. The van der Waals surface area contributed by atoms with Crippen LogP contribution in [-0.2, 0) is 14.3 Å². The van der Waals surface area contributed by atoms with Crippen LogP contribution < -0.4 is 0 Å². The molecule has 64 valence electrons. The van der Waals surface area contributed by atoms with E-state index in [9.17, 15) is 8.42 Å². The SMILES string of the molecule is O=S(=O)(CCCO)OCO.[NaH]. The van der Waals surface area contributed by atoms with Crippen molar-refractivity contribution in [1.82, 2.24) is 0 Å². The number of rotatable bonds is 5. The molecule has 0 bridgehead atoms. The van der Waals surface area contributed by atoms with Crippen LogP contribution in [0.1, 0.15) is 6.42 Å². The molecule has 0 aromatic carbocycles. The van der Waals surface area contributed by atoms with Crippen LogP contribution in [0.5, 0.6) is 0 Å². The molecule has 0 heterocycles. The molecule has 11 heavy (non-hydrogen) atoms. The number of aliphatic hydroxyl groups is 2. The Hall–Kier alpha value is 0.830. The van der Waals surface area contributed by atoms with Crippen molar-refractivity contribution in [3.05, 3.63) is 0 Å². The molecule has 0 saturated carbocycles. The van der Waals surface area contributed by atoms with Crippen molar-refractivity contribution < 1.29 is 22.8 Å². The monoisotopic (exact) mass is 194 g/mol.